The Morgan fingerprint density at radius 2 is 2.10 bits per heavy atom. The first-order valence-electron chi connectivity index (χ1n) is 9.18. The smallest absolute Gasteiger partial charge is 0.543 e. The number of ketones is 1. The molecule has 0 spiro atoms. The van der Waals surface area contributed by atoms with Crippen LogP contribution in [-0.4, -0.2) is 54.2 Å². The van der Waals surface area contributed by atoms with Crippen LogP contribution in [0.25, 0.3) is 10.4 Å². The number of carboxylic acids is 1. The van der Waals surface area contributed by atoms with Crippen LogP contribution >= 0.6 is 22.7 Å². The maximum Gasteiger partial charge on any atom is 1.00 e. The number of aromatic nitrogens is 3. The van der Waals surface area contributed by atoms with E-state index in [4.69, 9.17) is 0 Å². The fraction of sp³-hybridized carbons (Fsp3) is 0.316. The van der Waals surface area contributed by atoms with Crippen molar-refractivity contribution in [1.29, 1.82) is 0 Å². The van der Waals surface area contributed by atoms with Crippen LogP contribution in [0.15, 0.2) is 29.9 Å². The molecule has 31 heavy (non-hydrogen) atoms. The van der Waals surface area contributed by atoms with Gasteiger partial charge in [-0.1, -0.05) is 6.92 Å². The molecule has 1 amide bonds. The van der Waals surface area contributed by atoms with E-state index in [1.165, 1.54) is 47.0 Å². The first-order chi connectivity index (χ1) is 14.3. The van der Waals surface area contributed by atoms with E-state index in [0.717, 1.165) is 0 Å². The van der Waals surface area contributed by atoms with Crippen LogP contribution in [0.5, 0.6) is 0 Å². The number of carbonyl (C=O) groups is 3. The predicted octanol–water partition coefficient (Wildman–Crippen LogP) is -2.59. The Labute approximate surface area is 206 Å². The van der Waals surface area contributed by atoms with Crippen LogP contribution in [0.1, 0.15) is 34.1 Å². The summed E-state index contributed by atoms with van der Waals surface area (Å²) in [4.78, 5) is 48.2. The van der Waals surface area contributed by atoms with E-state index in [0.29, 0.717) is 20.2 Å². The summed E-state index contributed by atoms with van der Waals surface area (Å²) < 4.78 is 1.67. The summed E-state index contributed by atoms with van der Waals surface area (Å²) >= 11 is 2.45. The largest absolute Gasteiger partial charge is 1.00 e. The number of hydrogen-bond acceptors (Lipinski definition) is 9. The second kappa shape index (κ2) is 7.91. The predicted molar refractivity (Wildman–Crippen MR) is 106 cm³/mol. The molecule has 3 aromatic heterocycles. The molecule has 2 aliphatic rings. The first kappa shape index (κ1) is 22.3. The van der Waals surface area contributed by atoms with Gasteiger partial charge < -0.3 is 19.9 Å². The molecule has 0 radical (unpaired) electrons. The van der Waals surface area contributed by atoms with E-state index >= 15 is 0 Å². The molecule has 3 aromatic rings. The SMILES string of the molecule is C[C@@H](O)[C@H]1C(=O)N2C(C(=O)[O-])=C(c3cn4cnc(C(=O)c5cncs5)c4s3)[C@H](C)[C@H]12.[Na+]. The monoisotopic (exact) mass is 466 g/mol. The summed E-state index contributed by atoms with van der Waals surface area (Å²) in [6, 6.07) is -0.432. The van der Waals surface area contributed by atoms with Gasteiger partial charge in [0.15, 0.2) is 0 Å². The summed E-state index contributed by atoms with van der Waals surface area (Å²) in [5.74, 6) is -3.07. The van der Waals surface area contributed by atoms with Crippen LogP contribution < -0.4 is 34.7 Å². The molecule has 12 heteroatoms. The first-order valence-corrected chi connectivity index (χ1v) is 10.9. The molecule has 0 unspecified atom stereocenters. The summed E-state index contributed by atoms with van der Waals surface area (Å²) in [6.07, 6.45) is 3.81. The van der Waals surface area contributed by atoms with Gasteiger partial charge in [0.1, 0.15) is 16.9 Å². The van der Waals surface area contributed by atoms with E-state index < -0.39 is 29.9 Å². The van der Waals surface area contributed by atoms with Crippen molar-refractivity contribution in [2.45, 2.75) is 26.0 Å². The molecule has 5 heterocycles. The third kappa shape index (κ3) is 3.14. The average molecular weight is 466 g/mol. The standard InChI is InChI=1S/C19H16N4O5S2.Na/c1-7-11(15(19(27)28)23-14(7)12(8(2)24)17(23)26)10-4-22-5-21-13(18(22)30-10)16(25)9-3-20-6-29-9;/h3-8,12,14,24H,1-2H3,(H,27,28);/q;+1/p-1/t7-,8+,12+,14+;/m0./s1. The number of nitrogens with zero attached hydrogens (tertiary/aromatic N) is 4. The van der Waals surface area contributed by atoms with Gasteiger partial charge in [-0.15, -0.1) is 22.7 Å². The van der Waals surface area contributed by atoms with Crippen LogP contribution in [0.4, 0.5) is 0 Å². The van der Waals surface area contributed by atoms with E-state index in [9.17, 15) is 24.6 Å². The van der Waals surface area contributed by atoms with E-state index in [2.05, 4.69) is 9.97 Å². The molecular weight excluding hydrogens is 451 g/mol. The number of hydrogen-bond donors (Lipinski definition) is 1. The topological polar surface area (TPSA) is 128 Å². The van der Waals surface area contributed by atoms with Crippen molar-refractivity contribution < 1.29 is 54.2 Å². The number of fused-ring (bicyclic) bond motifs is 2. The van der Waals surface area contributed by atoms with E-state index in [1.807, 2.05) is 6.92 Å². The quantitative estimate of drug-likeness (QED) is 0.248. The number of carbonyl (C=O) groups excluding carboxylic acids is 3. The number of carboxylic acid groups (broad SMARTS) is 1. The van der Waals surface area contributed by atoms with Crippen molar-refractivity contribution in [3.63, 3.8) is 0 Å². The molecule has 154 valence electrons. The number of aliphatic hydroxyl groups excluding tert-OH is 1. The minimum Gasteiger partial charge on any atom is -0.543 e. The van der Waals surface area contributed by atoms with Crippen LogP contribution in [-0.2, 0) is 9.59 Å². The van der Waals surface area contributed by atoms with Gasteiger partial charge in [0.05, 0.1) is 45.0 Å². The Morgan fingerprint density at radius 1 is 1.35 bits per heavy atom. The Hall–Kier alpha value is -1.89. The average Bonchev–Trinajstić information content (AvgIpc) is 3.42. The zero-order chi connectivity index (χ0) is 21.3. The molecule has 4 atom stereocenters. The number of aliphatic carboxylic acids is 1. The number of thiazole rings is 2. The summed E-state index contributed by atoms with van der Waals surface area (Å²) in [5.41, 5.74) is 2.14. The van der Waals surface area contributed by atoms with Crippen LogP contribution in [0, 0.1) is 11.8 Å². The van der Waals surface area contributed by atoms with Gasteiger partial charge in [-0.05, 0) is 6.92 Å². The Bertz CT molecular complexity index is 1250. The number of imidazole rings is 1. The van der Waals surface area contributed by atoms with E-state index in [-0.39, 0.29) is 52.6 Å². The maximum atomic E-state index is 12.7. The molecule has 1 fully saturated rings. The van der Waals surface area contributed by atoms with Crippen molar-refractivity contribution >= 4 is 50.7 Å². The minimum atomic E-state index is -1.44. The fourth-order valence-corrected chi connectivity index (χ4v) is 6.18. The van der Waals surface area contributed by atoms with Gasteiger partial charge in [0.25, 0.3) is 0 Å². The van der Waals surface area contributed by atoms with Crippen molar-refractivity contribution in [2.24, 2.45) is 11.8 Å². The minimum absolute atomic E-state index is 0. The summed E-state index contributed by atoms with van der Waals surface area (Å²) in [5, 5.41) is 21.9. The normalized spacial score (nSPS) is 23.5. The molecule has 9 nitrogen and oxygen atoms in total. The Balaban J connectivity index is 0.00000231. The van der Waals surface area contributed by atoms with Crippen molar-refractivity contribution in [3.8, 4) is 0 Å². The van der Waals surface area contributed by atoms with Gasteiger partial charge >= 0.3 is 29.6 Å². The van der Waals surface area contributed by atoms with Crippen molar-refractivity contribution in [2.75, 3.05) is 0 Å². The Kier molecular flexibility index (Phi) is 5.69. The van der Waals surface area contributed by atoms with Gasteiger partial charge in [0, 0.05) is 23.9 Å². The third-order valence-electron chi connectivity index (χ3n) is 5.71. The molecule has 0 saturated carbocycles. The molecular formula is C19H15N4NaO5S2. The molecule has 0 aromatic carbocycles. The number of amides is 1. The Morgan fingerprint density at radius 3 is 2.71 bits per heavy atom. The van der Waals surface area contributed by atoms with E-state index in [1.54, 1.807) is 16.1 Å². The molecule has 1 N–H and O–H groups in total. The van der Waals surface area contributed by atoms with Gasteiger partial charge in [0.2, 0.25) is 11.7 Å². The molecule has 0 bridgehead atoms. The summed E-state index contributed by atoms with van der Waals surface area (Å²) in [7, 11) is 0. The fourth-order valence-electron chi connectivity index (χ4n) is 4.41. The number of β-lactam (4-membered cyclic amide) rings is 1. The van der Waals surface area contributed by atoms with Gasteiger partial charge in [-0.3, -0.25) is 19.0 Å². The second-order valence-electron chi connectivity index (χ2n) is 7.40. The van der Waals surface area contributed by atoms with Crippen molar-refractivity contribution in [3.05, 3.63) is 45.4 Å². The zero-order valence-corrected chi connectivity index (χ0v) is 20.4. The summed E-state index contributed by atoms with van der Waals surface area (Å²) in [6.45, 7) is 3.36. The molecule has 1 saturated heterocycles. The maximum absolute atomic E-state index is 12.7. The van der Waals surface area contributed by atoms with Crippen LogP contribution in [0.3, 0.4) is 0 Å². The van der Waals surface area contributed by atoms with Gasteiger partial charge in [-0.2, -0.15) is 0 Å². The number of aliphatic hydroxyl groups is 1. The molecule has 0 aliphatic carbocycles. The number of rotatable bonds is 5. The third-order valence-corrected chi connectivity index (χ3v) is 7.63. The molecule has 2 aliphatic heterocycles. The second-order valence-corrected chi connectivity index (χ2v) is 9.32. The van der Waals surface area contributed by atoms with Gasteiger partial charge in [-0.25, -0.2) is 4.98 Å². The zero-order valence-electron chi connectivity index (χ0n) is 16.8. The van der Waals surface area contributed by atoms with Crippen LogP contribution in [0.2, 0.25) is 0 Å². The van der Waals surface area contributed by atoms with Crippen molar-refractivity contribution in [1.82, 2.24) is 19.3 Å². The molecule has 5 rings (SSSR count).